The Balaban J connectivity index is 1.74. The molecule has 3 heteroatoms. The maximum Gasteiger partial charge on any atom is 0.0136 e. The van der Waals surface area contributed by atoms with Crippen molar-refractivity contribution < 1.29 is 0 Å². The summed E-state index contributed by atoms with van der Waals surface area (Å²) in [6.07, 6.45) is 8.24. The van der Waals surface area contributed by atoms with Crippen molar-refractivity contribution in [2.24, 2.45) is 11.7 Å². The van der Waals surface area contributed by atoms with E-state index >= 15 is 0 Å². The smallest absolute Gasteiger partial charge is 0.0136 e. The van der Waals surface area contributed by atoms with E-state index in [2.05, 4.69) is 10.2 Å². The molecule has 0 aliphatic carbocycles. The fraction of sp³-hybridized carbons (Fsp3) is 1.00. The first-order valence-corrected chi connectivity index (χ1v) is 7.06. The van der Waals surface area contributed by atoms with Crippen molar-refractivity contribution in [2.45, 2.75) is 44.6 Å². The SMILES string of the molecule is NCCCNC[C@@H]1CCCN2CCCC[C@H]12. The highest BCUT2D eigenvalue weighted by molar-refractivity contribution is 4.87. The van der Waals surface area contributed by atoms with Crippen LogP contribution in [0.1, 0.15) is 38.5 Å². The molecule has 2 aliphatic heterocycles. The summed E-state index contributed by atoms with van der Waals surface area (Å²) in [4.78, 5) is 2.74. The minimum Gasteiger partial charge on any atom is -0.330 e. The molecule has 0 spiro atoms. The highest BCUT2D eigenvalue weighted by Crippen LogP contribution is 2.30. The van der Waals surface area contributed by atoms with E-state index in [1.165, 1.54) is 51.7 Å². The van der Waals surface area contributed by atoms with E-state index in [0.29, 0.717) is 0 Å². The van der Waals surface area contributed by atoms with Gasteiger partial charge in [0, 0.05) is 6.04 Å². The number of nitrogens with one attached hydrogen (secondary N) is 1. The van der Waals surface area contributed by atoms with E-state index in [9.17, 15) is 0 Å². The predicted molar refractivity (Wildman–Crippen MR) is 68.5 cm³/mol. The number of nitrogens with two attached hydrogens (primary N) is 1. The Labute approximate surface area is 99.8 Å². The summed E-state index contributed by atoms with van der Waals surface area (Å²) in [6, 6.07) is 0.882. The molecule has 2 atom stereocenters. The van der Waals surface area contributed by atoms with Crippen LogP contribution in [0.4, 0.5) is 0 Å². The van der Waals surface area contributed by atoms with Gasteiger partial charge in [0.2, 0.25) is 0 Å². The van der Waals surface area contributed by atoms with Crippen molar-refractivity contribution in [3.05, 3.63) is 0 Å². The molecule has 0 radical (unpaired) electrons. The van der Waals surface area contributed by atoms with Gasteiger partial charge < -0.3 is 16.0 Å². The normalized spacial score (nSPS) is 31.3. The van der Waals surface area contributed by atoms with E-state index in [-0.39, 0.29) is 0 Å². The van der Waals surface area contributed by atoms with E-state index in [0.717, 1.165) is 31.5 Å². The van der Waals surface area contributed by atoms with Crippen molar-refractivity contribution in [2.75, 3.05) is 32.7 Å². The van der Waals surface area contributed by atoms with Crippen LogP contribution >= 0.6 is 0 Å². The van der Waals surface area contributed by atoms with Gasteiger partial charge in [-0.2, -0.15) is 0 Å². The second-order valence-electron chi connectivity index (χ2n) is 5.35. The summed E-state index contributed by atoms with van der Waals surface area (Å²) in [7, 11) is 0. The van der Waals surface area contributed by atoms with Gasteiger partial charge in [-0.1, -0.05) is 6.42 Å². The molecule has 3 nitrogen and oxygen atoms in total. The minimum absolute atomic E-state index is 0.813. The Hall–Kier alpha value is -0.120. The van der Waals surface area contributed by atoms with Gasteiger partial charge in [0.15, 0.2) is 0 Å². The van der Waals surface area contributed by atoms with Crippen LogP contribution in [0.3, 0.4) is 0 Å². The zero-order valence-corrected chi connectivity index (χ0v) is 10.5. The summed E-state index contributed by atoms with van der Waals surface area (Å²) < 4.78 is 0. The molecule has 0 aromatic heterocycles. The van der Waals surface area contributed by atoms with Crippen molar-refractivity contribution in [3.8, 4) is 0 Å². The fourth-order valence-electron chi connectivity index (χ4n) is 3.33. The van der Waals surface area contributed by atoms with Gasteiger partial charge in [0.05, 0.1) is 0 Å². The van der Waals surface area contributed by atoms with Crippen LogP contribution in [0.25, 0.3) is 0 Å². The number of hydrogen-bond donors (Lipinski definition) is 2. The number of piperidine rings is 2. The summed E-state index contributed by atoms with van der Waals surface area (Å²) in [6.45, 7) is 5.82. The Morgan fingerprint density at radius 1 is 1.12 bits per heavy atom. The molecule has 16 heavy (non-hydrogen) atoms. The first kappa shape index (κ1) is 12.3. The molecule has 2 fully saturated rings. The molecular formula is C13H27N3. The van der Waals surface area contributed by atoms with Crippen molar-refractivity contribution in [1.82, 2.24) is 10.2 Å². The molecule has 2 saturated heterocycles. The lowest BCUT2D eigenvalue weighted by Gasteiger charge is -2.44. The Morgan fingerprint density at radius 3 is 2.88 bits per heavy atom. The standard InChI is InChI=1S/C13H27N3/c14-7-4-8-15-11-12-5-3-10-16-9-2-1-6-13(12)16/h12-13,15H,1-11,14H2/t12-,13+/m0/s1. The summed E-state index contributed by atoms with van der Waals surface area (Å²) in [5.41, 5.74) is 5.51. The van der Waals surface area contributed by atoms with Gasteiger partial charge in [-0.3, -0.25) is 0 Å². The van der Waals surface area contributed by atoms with Gasteiger partial charge in [0.1, 0.15) is 0 Å². The summed E-state index contributed by atoms with van der Waals surface area (Å²) in [5.74, 6) is 0.895. The molecule has 0 bridgehead atoms. The van der Waals surface area contributed by atoms with Crippen LogP contribution in [0.5, 0.6) is 0 Å². The summed E-state index contributed by atoms with van der Waals surface area (Å²) >= 11 is 0. The second kappa shape index (κ2) is 6.58. The maximum absolute atomic E-state index is 5.51. The fourth-order valence-corrected chi connectivity index (χ4v) is 3.33. The van der Waals surface area contributed by atoms with Crippen molar-refractivity contribution in [3.63, 3.8) is 0 Å². The zero-order valence-electron chi connectivity index (χ0n) is 10.5. The van der Waals surface area contributed by atoms with E-state index < -0.39 is 0 Å². The first-order chi connectivity index (χ1) is 7.92. The quantitative estimate of drug-likeness (QED) is 0.691. The second-order valence-corrected chi connectivity index (χ2v) is 5.35. The third-order valence-corrected chi connectivity index (χ3v) is 4.19. The number of rotatable bonds is 5. The lowest BCUT2D eigenvalue weighted by molar-refractivity contribution is 0.0595. The van der Waals surface area contributed by atoms with E-state index in [4.69, 9.17) is 5.73 Å². The number of hydrogen-bond acceptors (Lipinski definition) is 3. The summed E-state index contributed by atoms with van der Waals surface area (Å²) in [5, 5.41) is 3.58. The van der Waals surface area contributed by atoms with Crippen molar-refractivity contribution in [1.29, 1.82) is 0 Å². The molecule has 2 aliphatic rings. The van der Waals surface area contributed by atoms with Gasteiger partial charge in [-0.05, 0) is 70.7 Å². The Morgan fingerprint density at radius 2 is 2.00 bits per heavy atom. The molecule has 0 amide bonds. The topological polar surface area (TPSA) is 41.3 Å². The largest absolute Gasteiger partial charge is 0.330 e. The molecule has 2 heterocycles. The highest BCUT2D eigenvalue weighted by atomic mass is 15.2. The molecular weight excluding hydrogens is 198 g/mol. The van der Waals surface area contributed by atoms with Gasteiger partial charge in [-0.25, -0.2) is 0 Å². The van der Waals surface area contributed by atoms with Gasteiger partial charge >= 0.3 is 0 Å². The van der Waals surface area contributed by atoms with Crippen LogP contribution in [-0.2, 0) is 0 Å². The Bertz CT molecular complexity index is 194. The van der Waals surface area contributed by atoms with Crippen LogP contribution in [0.15, 0.2) is 0 Å². The molecule has 0 aromatic rings. The number of fused-ring (bicyclic) bond motifs is 1. The monoisotopic (exact) mass is 225 g/mol. The van der Waals surface area contributed by atoms with Crippen LogP contribution in [0.2, 0.25) is 0 Å². The van der Waals surface area contributed by atoms with Crippen LogP contribution in [0, 0.1) is 5.92 Å². The van der Waals surface area contributed by atoms with Crippen LogP contribution < -0.4 is 11.1 Å². The molecule has 0 aromatic carbocycles. The number of nitrogens with zero attached hydrogens (tertiary/aromatic N) is 1. The molecule has 94 valence electrons. The zero-order chi connectivity index (χ0) is 11.2. The lowest BCUT2D eigenvalue weighted by Crippen LogP contribution is -2.50. The average molecular weight is 225 g/mol. The van der Waals surface area contributed by atoms with Crippen LogP contribution in [-0.4, -0.2) is 43.7 Å². The first-order valence-electron chi connectivity index (χ1n) is 7.06. The highest BCUT2D eigenvalue weighted by Gasteiger charge is 2.32. The lowest BCUT2D eigenvalue weighted by atomic mass is 9.83. The third kappa shape index (κ3) is 3.19. The predicted octanol–water partition coefficient (Wildman–Crippen LogP) is 1.19. The molecule has 3 N–H and O–H groups in total. The Kier molecular flexibility index (Phi) is 5.07. The van der Waals surface area contributed by atoms with E-state index in [1.807, 2.05) is 0 Å². The van der Waals surface area contributed by atoms with E-state index in [1.54, 1.807) is 0 Å². The minimum atomic E-state index is 0.813. The average Bonchev–Trinajstić information content (AvgIpc) is 2.35. The molecule has 0 unspecified atom stereocenters. The van der Waals surface area contributed by atoms with Gasteiger partial charge in [0.25, 0.3) is 0 Å². The maximum atomic E-state index is 5.51. The molecule has 2 rings (SSSR count). The molecule has 0 saturated carbocycles. The third-order valence-electron chi connectivity index (χ3n) is 4.19. The van der Waals surface area contributed by atoms with Gasteiger partial charge in [-0.15, -0.1) is 0 Å². The van der Waals surface area contributed by atoms with Crippen molar-refractivity contribution >= 4 is 0 Å².